The van der Waals surface area contributed by atoms with Crippen LogP contribution in [-0.2, 0) is 11.3 Å². The van der Waals surface area contributed by atoms with E-state index >= 15 is 0 Å². The van der Waals surface area contributed by atoms with Crippen molar-refractivity contribution in [2.24, 2.45) is 0 Å². The monoisotopic (exact) mass is 265 g/mol. The first-order valence-corrected chi connectivity index (χ1v) is 6.17. The van der Waals surface area contributed by atoms with Crippen LogP contribution >= 0.6 is 11.8 Å². The molecule has 0 atom stereocenters. The number of thioether (sulfide) groups is 1. The van der Waals surface area contributed by atoms with Gasteiger partial charge in [-0.2, -0.15) is 0 Å². The smallest absolute Gasteiger partial charge is 0.313 e. The minimum Gasteiger partial charge on any atom is -0.481 e. The Kier molecular flexibility index (Phi) is 3.88. The number of carbonyl (C=O) groups is 1. The van der Waals surface area contributed by atoms with Crippen LogP contribution in [0.15, 0.2) is 23.4 Å². The predicted molar refractivity (Wildman–Crippen MR) is 64.3 cm³/mol. The fraction of sp³-hybridized carbons (Fsp3) is 0.300. The van der Waals surface area contributed by atoms with E-state index in [0.29, 0.717) is 11.7 Å². The van der Waals surface area contributed by atoms with E-state index in [4.69, 9.17) is 5.11 Å². The number of aromatic nitrogens is 5. The molecular weight excluding hydrogens is 254 g/mol. The van der Waals surface area contributed by atoms with Crippen molar-refractivity contribution in [3.8, 4) is 0 Å². The van der Waals surface area contributed by atoms with Crippen molar-refractivity contribution in [1.29, 1.82) is 0 Å². The third-order valence-corrected chi connectivity index (χ3v) is 3.02. The molecule has 0 fully saturated rings. The van der Waals surface area contributed by atoms with Crippen LogP contribution in [0.2, 0.25) is 0 Å². The van der Waals surface area contributed by atoms with Gasteiger partial charge in [-0.25, -0.2) is 4.68 Å². The first-order valence-electron chi connectivity index (χ1n) is 5.18. The molecule has 2 aromatic heterocycles. The first kappa shape index (κ1) is 12.5. The van der Waals surface area contributed by atoms with E-state index in [9.17, 15) is 4.79 Å². The molecule has 18 heavy (non-hydrogen) atoms. The zero-order valence-electron chi connectivity index (χ0n) is 9.65. The topological polar surface area (TPSA) is 93.8 Å². The van der Waals surface area contributed by atoms with Gasteiger partial charge in [-0.05, 0) is 29.5 Å². The summed E-state index contributed by atoms with van der Waals surface area (Å²) in [6, 6.07) is 5.69. The molecule has 0 saturated heterocycles. The summed E-state index contributed by atoms with van der Waals surface area (Å²) < 4.78 is 1.54. The zero-order valence-corrected chi connectivity index (χ0v) is 10.5. The molecule has 0 spiro atoms. The quantitative estimate of drug-likeness (QED) is 0.791. The van der Waals surface area contributed by atoms with E-state index in [1.807, 2.05) is 25.1 Å². The lowest BCUT2D eigenvalue weighted by Gasteiger charge is -2.03. The van der Waals surface area contributed by atoms with Gasteiger partial charge in [-0.1, -0.05) is 17.8 Å². The van der Waals surface area contributed by atoms with E-state index < -0.39 is 5.97 Å². The van der Waals surface area contributed by atoms with Crippen molar-refractivity contribution in [3.05, 3.63) is 29.6 Å². The largest absolute Gasteiger partial charge is 0.481 e. The van der Waals surface area contributed by atoms with Gasteiger partial charge in [0.05, 0.1) is 18.0 Å². The Morgan fingerprint density at radius 2 is 2.33 bits per heavy atom. The van der Waals surface area contributed by atoms with Gasteiger partial charge >= 0.3 is 5.97 Å². The molecule has 0 bridgehead atoms. The summed E-state index contributed by atoms with van der Waals surface area (Å²) in [5, 5.41) is 20.2. The SMILES string of the molecule is Cc1cccc(Cn2nnnc2SCC(=O)O)n1. The number of hydrogen-bond acceptors (Lipinski definition) is 6. The summed E-state index contributed by atoms with van der Waals surface area (Å²) in [4.78, 5) is 14.8. The minimum atomic E-state index is -0.900. The number of nitrogens with zero attached hydrogens (tertiary/aromatic N) is 5. The van der Waals surface area contributed by atoms with Crippen molar-refractivity contribution >= 4 is 17.7 Å². The van der Waals surface area contributed by atoms with Crippen molar-refractivity contribution in [2.45, 2.75) is 18.6 Å². The van der Waals surface area contributed by atoms with Crippen LogP contribution in [0.5, 0.6) is 0 Å². The third-order valence-electron chi connectivity index (χ3n) is 2.08. The summed E-state index contributed by atoms with van der Waals surface area (Å²) in [5.74, 6) is -0.968. The van der Waals surface area contributed by atoms with Crippen molar-refractivity contribution in [3.63, 3.8) is 0 Å². The second-order valence-electron chi connectivity index (χ2n) is 3.57. The summed E-state index contributed by atoms with van der Waals surface area (Å²) in [5.41, 5.74) is 1.75. The lowest BCUT2D eigenvalue weighted by molar-refractivity contribution is -0.133. The molecule has 2 aromatic rings. The molecule has 0 saturated carbocycles. The van der Waals surface area contributed by atoms with E-state index in [1.54, 1.807) is 0 Å². The van der Waals surface area contributed by atoms with Crippen molar-refractivity contribution in [2.75, 3.05) is 5.75 Å². The van der Waals surface area contributed by atoms with Gasteiger partial charge in [0, 0.05) is 5.69 Å². The van der Waals surface area contributed by atoms with Crippen molar-refractivity contribution in [1.82, 2.24) is 25.2 Å². The molecule has 7 nitrogen and oxygen atoms in total. The predicted octanol–water partition coefficient (Wildman–Crippen LogP) is 0.602. The molecule has 1 N–H and O–H groups in total. The van der Waals surface area contributed by atoms with E-state index in [1.165, 1.54) is 4.68 Å². The fourth-order valence-electron chi connectivity index (χ4n) is 1.37. The van der Waals surface area contributed by atoms with Crippen LogP contribution in [0.1, 0.15) is 11.4 Å². The number of aliphatic carboxylic acids is 1. The fourth-order valence-corrected chi connectivity index (χ4v) is 1.96. The summed E-state index contributed by atoms with van der Waals surface area (Å²) in [6.45, 7) is 2.33. The highest BCUT2D eigenvalue weighted by Crippen LogP contribution is 2.14. The van der Waals surface area contributed by atoms with Crippen LogP contribution < -0.4 is 0 Å². The Morgan fingerprint density at radius 1 is 1.50 bits per heavy atom. The molecule has 0 aliphatic rings. The molecule has 0 aliphatic carbocycles. The second-order valence-corrected chi connectivity index (χ2v) is 4.51. The van der Waals surface area contributed by atoms with Gasteiger partial charge < -0.3 is 5.11 Å². The molecule has 0 radical (unpaired) electrons. The molecule has 8 heteroatoms. The molecule has 0 amide bonds. The van der Waals surface area contributed by atoms with Gasteiger partial charge in [-0.15, -0.1) is 5.10 Å². The van der Waals surface area contributed by atoms with Gasteiger partial charge in [0.1, 0.15) is 0 Å². The van der Waals surface area contributed by atoms with Crippen molar-refractivity contribution < 1.29 is 9.90 Å². The maximum atomic E-state index is 10.5. The summed E-state index contributed by atoms with van der Waals surface area (Å²) in [7, 11) is 0. The Hall–Kier alpha value is -1.96. The number of aryl methyl sites for hydroxylation is 1. The van der Waals surface area contributed by atoms with Crippen LogP contribution in [0.3, 0.4) is 0 Å². The van der Waals surface area contributed by atoms with Gasteiger partial charge in [-0.3, -0.25) is 9.78 Å². The number of carboxylic acid groups (broad SMARTS) is 1. The Labute approximate surface area is 107 Å². The summed E-state index contributed by atoms with van der Waals surface area (Å²) >= 11 is 1.08. The molecule has 2 rings (SSSR count). The van der Waals surface area contributed by atoms with Gasteiger partial charge in [0.2, 0.25) is 5.16 Å². The van der Waals surface area contributed by atoms with Crippen LogP contribution in [0.4, 0.5) is 0 Å². The van der Waals surface area contributed by atoms with Crippen LogP contribution in [0.25, 0.3) is 0 Å². The number of pyridine rings is 1. The van der Waals surface area contributed by atoms with E-state index in [0.717, 1.165) is 23.1 Å². The Bertz CT molecular complexity index is 557. The lowest BCUT2D eigenvalue weighted by atomic mass is 10.3. The standard InChI is InChI=1S/C10H11N5O2S/c1-7-3-2-4-8(11-7)5-15-10(12-13-14-15)18-6-9(16)17/h2-4H,5-6H2,1H3,(H,16,17). The lowest BCUT2D eigenvalue weighted by Crippen LogP contribution is -2.07. The molecule has 0 aromatic carbocycles. The normalized spacial score (nSPS) is 10.5. The van der Waals surface area contributed by atoms with Crippen LogP contribution in [0, 0.1) is 6.92 Å². The third kappa shape index (κ3) is 3.27. The van der Waals surface area contributed by atoms with Gasteiger partial charge in [0.25, 0.3) is 0 Å². The maximum absolute atomic E-state index is 10.5. The number of carboxylic acids is 1. The average molecular weight is 265 g/mol. The highest BCUT2D eigenvalue weighted by atomic mass is 32.2. The van der Waals surface area contributed by atoms with E-state index in [2.05, 4.69) is 20.5 Å². The van der Waals surface area contributed by atoms with Gasteiger partial charge in [0.15, 0.2) is 0 Å². The first-order chi connectivity index (χ1) is 8.65. The molecule has 94 valence electrons. The Balaban J connectivity index is 2.10. The number of tetrazole rings is 1. The maximum Gasteiger partial charge on any atom is 0.313 e. The molecule has 2 heterocycles. The minimum absolute atomic E-state index is 0.0678. The molecule has 0 aliphatic heterocycles. The molecular formula is C10H11N5O2S. The van der Waals surface area contributed by atoms with E-state index in [-0.39, 0.29) is 5.75 Å². The number of rotatable bonds is 5. The Morgan fingerprint density at radius 3 is 3.06 bits per heavy atom. The second kappa shape index (κ2) is 5.58. The zero-order chi connectivity index (χ0) is 13.0. The highest BCUT2D eigenvalue weighted by Gasteiger charge is 2.10. The summed E-state index contributed by atoms with van der Waals surface area (Å²) in [6.07, 6.45) is 0. The van der Waals surface area contributed by atoms with Crippen LogP contribution in [-0.4, -0.2) is 42.0 Å². The average Bonchev–Trinajstić information content (AvgIpc) is 2.74. The highest BCUT2D eigenvalue weighted by molar-refractivity contribution is 7.99. The molecule has 0 unspecified atom stereocenters. The number of hydrogen-bond donors (Lipinski definition) is 1.